The highest BCUT2D eigenvalue weighted by molar-refractivity contribution is 5.89. The van der Waals surface area contributed by atoms with Crippen LogP contribution in [0.3, 0.4) is 0 Å². The Morgan fingerprint density at radius 2 is 1.96 bits per heavy atom. The number of fused-ring (bicyclic) bond motifs is 3. The number of piperazine rings is 1. The zero-order chi connectivity index (χ0) is 17.4. The number of nitrogens with zero attached hydrogens (tertiary/aromatic N) is 1. The van der Waals surface area contributed by atoms with E-state index in [-0.39, 0.29) is 17.9 Å². The van der Waals surface area contributed by atoms with Crippen LogP contribution >= 0.6 is 0 Å². The van der Waals surface area contributed by atoms with Crippen molar-refractivity contribution in [3.63, 3.8) is 0 Å². The summed E-state index contributed by atoms with van der Waals surface area (Å²) in [5.74, 6) is -0.901. The summed E-state index contributed by atoms with van der Waals surface area (Å²) in [7, 11) is 0. The van der Waals surface area contributed by atoms with Crippen LogP contribution in [0.15, 0.2) is 41.7 Å². The predicted molar refractivity (Wildman–Crippen MR) is 90.8 cm³/mol. The Labute approximate surface area is 145 Å². The van der Waals surface area contributed by atoms with E-state index in [1.165, 1.54) is 12.1 Å². The van der Waals surface area contributed by atoms with E-state index in [1.54, 1.807) is 0 Å². The van der Waals surface area contributed by atoms with Crippen molar-refractivity contribution in [1.29, 1.82) is 0 Å². The molecular weight excluding hydrogens is 324 g/mol. The van der Waals surface area contributed by atoms with Crippen molar-refractivity contribution in [2.45, 2.75) is 31.3 Å². The minimum Gasteiger partial charge on any atom is -0.376 e. The minimum absolute atomic E-state index is 0.197. The summed E-state index contributed by atoms with van der Waals surface area (Å²) >= 11 is 0. The van der Waals surface area contributed by atoms with Gasteiger partial charge in [0.25, 0.3) is 0 Å². The third-order valence-electron chi connectivity index (χ3n) is 5.17. The van der Waals surface area contributed by atoms with Crippen molar-refractivity contribution in [1.82, 2.24) is 15.5 Å². The normalized spacial score (nSPS) is 25.5. The number of carbonyl (C=O) groups excluding carboxylic acids is 1. The van der Waals surface area contributed by atoms with E-state index in [1.807, 2.05) is 12.3 Å². The summed E-state index contributed by atoms with van der Waals surface area (Å²) in [6.07, 6.45) is 5.53. The molecule has 4 rings (SSSR count). The molecule has 1 aromatic rings. The summed E-state index contributed by atoms with van der Waals surface area (Å²) in [5, 5.41) is 6.53. The third-order valence-corrected chi connectivity index (χ3v) is 5.17. The molecule has 0 bridgehead atoms. The zero-order valence-corrected chi connectivity index (χ0v) is 13.9. The number of dihydropyridines is 1. The molecule has 2 atom stereocenters. The van der Waals surface area contributed by atoms with Crippen LogP contribution < -0.4 is 10.6 Å². The largest absolute Gasteiger partial charge is 0.376 e. The monoisotopic (exact) mass is 345 g/mol. The maximum absolute atomic E-state index is 13.4. The van der Waals surface area contributed by atoms with Gasteiger partial charge in [0, 0.05) is 43.9 Å². The number of benzene rings is 1. The molecule has 6 heteroatoms. The Bertz CT molecular complexity index is 739. The summed E-state index contributed by atoms with van der Waals surface area (Å²) in [4.78, 5) is 14.8. The molecule has 2 saturated heterocycles. The van der Waals surface area contributed by atoms with Crippen molar-refractivity contribution >= 4 is 5.78 Å². The molecule has 25 heavy (non-hydrogen) atoms. The molecule has 2 unspecified atom stereocenters. The molecule has 2 fully saturated rings. The molecule has 0 aliphatic carbocycles. The van der Waals surface area contributed by atoms with Gasteiger partial charge in [0.1, 0.15) is 17.7 Å². The van der Waals surface area contributed by atoms with Gasteiger partial charge in [-0.3, -0.25) is 4.79 Å². The quantitative estimate of drug-likeness (QED) is 0.878. The highest BCUT2D eigenvalue weighted by atomic mass is 19.1. The molecule has 0 saturated carbocycles. The van der Waals surface area contributed by atoms with Gasteiger partial charge >= 0.3 is 0 Å². The number of hydrogen-bond acceptors (Lipinski definition) is 4. The summed E-state index contributed by atoms with van der Waals surface area (Å²) in [6.45, 7) is 2.58. The van der Waals surface area contributed by atoms with E-state index < -0.39 is 11.6 Å². The van der Waals surface area contributed by atoms with Gasteiger partial charge in [0.05, 0.1) is 0 Å². The fourth-order valence-electron chi connectivity index (χ4n) is 4.05. The number of allylic oxidation sites excluding steroid dienone is 2. The van der Waals surface area contributed by atoms with E-state index in [0.717, 1.165) is 37.0 Å². The molecule has 0 spiro atoms. The fourth-order valence-corrected chi connectivity index (χ4v) is 4.05. The van der Waals surface area contributed by atoms with Crippen LogP contribution in [0.2, 0.25) is 0 Å². The first kappa shape index (κ1) is 16.3. The van der Waals surface area contributed by atoms with Gasteiger partial charge in [0.2, 0.25) is 0 Å². The molecular formula is C19H21F2N3O. The Morgan fingerprint density at radius 1 is 1.16 bits per heavy atom. The van der Waals surface area contributed by atoms with Crippen molar-refractivity contribution in [2.75, 3.05) is 19.6 Å². The van der Waals surface area contributed by atoms with E-state index >= 15 is 0 Å². The lowest BCUT2D eigenvalue weighted by Gasteiger charge is -2.47. The van der Waals surface area contributed by atoms with Crippen LogP contribution in [0.1, 0.15) is 18.4 Å². The first-order valence-corrected chi connectivity index (χ1v) is 8.72. The Kier molecular flexibility index (Phi) is 4.29. The number of ketones is 1. The topological polar surface area (TPSA) is 44.4 Å². The highest BCUT2D eigenvalue weighted by Gasteiger charge is 2.40. The number of Topliss-reactive ketones (excluding diaryl/α,β-unsaturated/α-hetero) is 1. The average molecular weight is 345 g/mol. The van der Waals surface area contributed by atoms with Gasteiger partial charge in [-0.15, -0.1) is 0 Å². The van der Waals surface area contributed by atoms with Crippen molar-refractivity contribution in [2.24, 2.45) is 0 Å². The molecule has 0 amide bonds. The molecule has 3 aliphatic rings. The van der Waals surface area contributed by atoms with Crippen LogP contribution in [0, 0.1) is 11.6 Å². The second-order valence-electron chi connectivity index (χ2n) is 6.84. The molecule has 0 radical (unpaired) electrons. The van der Waals surface area contributed by atoms with Gasteiger partial charge in [0.15, 0.2) is 5.78 Å². The maximum atomic E-state index is 13.4. The van der Waals surface area contributed by atoms with Crippen LogP contribution in [0.5, 0.6) is 0 Å². The number of piperidine rings is 1. The van der Waals surface area contributed by atoms with Crippen LogP contribution in [0.4, 0.5) is 8.78 Å². The van der Waals surface area contributed by atoms with Gasteiger partial charge in [-0.1, -0.05) is 0 Å². The average Bonchev–Trinajstić information content (AvgIpc) is 2.59. The molecule has 2 N–H and O–H groups in total. The van der Waals surface area contributed by atoms with E-state index in [9.17, 15) is 13.6 Å². The third kappa shape index (κ3) is 3.18. The molecule has 3 heterocycles. The second-order valence-corrected chi connectivity index (χ2v) is 6.84. The van der Waals surface area contributed by atoms with Crippen molar-refractivity contribution in [3.05, 3.63) is 58.9 Å². The number of rotatable bonds is 3. The van der Waals surface area contributed by atoms with Gasteiger partial charge in [-0.25, -0.2) is 8.78 Å². The summed E-state index contributed by atoms with van der Waals surface area (Å²) < 4.78 is 26.8. The molecule has 132 valence electrons. The maximum Gasteiger partial charge on any atom is 0.163 e. The van der Waals surface area contributed by atoms with E-state index in [2.05, 4.69) is 15.5 Å². The zero-order valence-electron chi connectivity index (χ0n) is 13.9. The molecule has 1 aromatic carbocycles. The van der Waals surface area contributed by atoms with Gasteiger partial charge in [-0.2, -0.15) is 0 Å². The molecule has 0 aromatic heterocycles. The summed E-state index contributed by atoms with van der Waals surface area (Å²) in [5.41, 5.74) is 2.75. The first-order chi connectivity index (χ1) is 12.1. The Balaban J connectivity index is 1.61. The summed E-state index contributed by atoms with van der Waals surface area (Å²) in [6, 6.07) is 3.53. The minimum atomic E-state index is -0.554. The highest BCUT2D eigenvalue weighted by Crippen LogP contribution is 2.32. The predicted octanol–water partition coefficient (Wildman–Crippen LogP) is 1.88. The van der Waals surface area contributed by atoms with E-state index in [4.69, 9.17) is 0 Å². The molecule has 3 aliphatic heterocycles. The number of nitrogens with one attached hydrogen (secondary N) is 2. The van der Waals surface area contributed by atoms with Gasteiger partial charge in [-0.05, 0) is 48.4 Å². The SMILES string of the molecule is O=C1CC2CNCCN2C2=C(CCc3cc(F)cc(F)c3)C=CNC12. The van der Waals surface area contributed by atoms with Crippen LogP contribution in [0.25, 0.3) is 0 Å². The van der Waals surface area contributed by atoms with Crippen LogP contribution in [-0.4, -0.2) is 42.4 Å². The number of halogens is 2. The van der Waals surface area contributed by atoms with Crippen molar-refractivity contribution in [3.8, 4) is 0 Å². The number of aryl methyl sites for hydroxylation is 1. The molecule has 4 nitrogen and oxygen atoms in total. The lowest BCUT2D eigenvalue weighted by Crippen LogP contribution is -2.60. The Morgan fingerprint density at radius 3 is 2.76 bits per heavy atom. The van der Waals surface area contributed by atoms with Crippen LogP contribution in [-0.2, 0) is 11.2 Å². The first-order valence-electron chi connectivity index (χ1n) is 8.72. The van der Waals surface area contributed by atoms with E-state index in [0.29, 0.717) is 24.8 Å². The second kappa shape index (κ2) is 6.59. The standard InChI is InChI=1S/C19H21F2N3O/c20-14-7-12(8-15(21)9-14)1-2-13-3-4-23-18-17(25)10-16-11-22-5-6-24(16)19(13)18/h3-4,7-9,16,18,22-23H,1-2,5-6,10-11H2. The Hall–Kier alpha value is -2.21. The number of hydrogen-bond donors (Lipinski definition) is 2. The van der Waals surface area contributed by atoms with Crippen molar-refractivity contribution < 1.29 is 13.6 Å². The lowest BCUT2D eigenvalue weighted by molar-refractivity contribution is -0.124. The number of carbonyl (C=O) groups is 1. The lowest BCUT2D eigenvalue weighted by atomic mass is 9.87. The van der Waals surface area contributed by atoms with Gasteiger partial charge < -0.3 is 15.5 Å². The fraction of sp³-hybridized carbons (Fsp3) is 0.421. The smallest absolute Gasteiger partial charge is 0.163 e.